The number of nitrogens with zero attached hydrogens (tertiary/aromatic N) is 1. The maximum Gasteiger partial charge on any atom is 0.250 e. The van der Waals surface area contributed by atoms with Gasteiger partial charge in [-0.15, -0.1) is 11.8 Å². The van der Waals surface area contributed by atoms with Gasteiger partial charge in [0.25, 0.3) is 5.56 Å². The van der Waals surface area contributed by atoms with Gasteiger partial charge in [0, 0.05) is 27.6 Å². The summed E-state index contributed by atoms with van der Waals surface area (Å²) < 4.78 is 1.53. The Labute approximate surface area is 140 Å². The highest BCUT2D eigenvalue weighted by molar-refractivity contribution is 8.00. The average Bonchev–Trinajstić information content (AvgIpc) is 2.43. The maximum atomic E-state index is 12.1. The minimum Gasteiger partial charge on any atom is -0.324 e. The summed E-state index contributed by atoms with van der Waals surface area (Å²) in [5.41, 5.74) is 1.60. The van der Waals surface area contributed by atoms with Crippen molar-refractivity contribution in [3.05, 3.63) is 58.5 Å². The third-order valence-electron chi connectivity index (χ3n) is 3.11. The molecule has 0 aliphatic carbocycles. The number of hydrogen-bond donors (Lipinski definition) is 1. The molecule has 0 radical (unpaired) electrons. The molecule has 0 saturated heterocycles. The van der Waals surface area contributed by atoms with E-state index in [0.717, 1.165) is 11.3 Å². The first kappa shape index (κ1) is 17.3. The lowest BCUT2D eigenvalue weighted by Crippen LogP contribution is -2.26. The molecule has 0 atom stereocenters. The number of carbonyl (C=O) groups excluding carboxylic acids is 1. The number of amides is 1. The zero-order valence-electron chi connectivity index (χ0n) is 13.9. The van der Waals surface area contributed by atoms with Crippen LogP contribution in [-0.4, -0.2) is 15.2 Å². The number of aromatic nitrogens is 1. The minimum absolute atomic E-state index is 0.0115. The Morgan fingerprint density at radius 2 is 1.96 bits per heavy atom. The van der Waals surface area contributed by atoms with Gasteiger partial charge >= 0.3 is 0 Å². The predicted molar refractivity (Wildman–Crippen MR) is 96.1 cm³/mol. The Bertz CT molecular complexity index is 760. The second kappa shape index (κ2) is 7.04. The predicted octanol–water partition coefficient (Wildman–Crippen LogP) is 3.69. The molecule has 1 aromatic heterocycles. The van der Waals surface area contributed by atoms with Crippen molar-refractivity contribution in [2.75, 3.05) is 5.32 Å². The van der Waals surface area contributed by atoms with Crippen molar-refractivity contribution in [3.8, 4) is 0 Å². The number of rotatable bonds is 4. The molecule has 1 heterocycles. The molecule has 1 amide bonds. The number of aryl methyl sites for hydroxylation is 1. The van der Waals surface area contributed by atoms with Crippen LogP contribution in [0, 0.1) is 6.92 Å². The SMILES string of the molecule is Cc1cc(SC(C)(C)C)ccc1NC(=O)Cn1ccccc1=O. The van der Waals surface area contributed by atoms with Gasteiger partial charge in [-0.1, -0.05) is 26.8 Å². The van der Waals surface area contributed by atoms with Crippen LogP contribution in [-0.2, 0) is 11.3 Å². The van der Waals surface area contributed by atoms with Gasteiger partial charge in [0.2, 0.25) is 5.91 Å². The van der Waals surface area contributed by atoms with E-state index in [1.807, 2.05) is 19.1 Å². The van der Waals surface area contributed by atoms with Crippen molar-refractivity contribution in [1.82, 2.24) is 4.57 Å². The molecule has 0 bridgehead atoms. The Morgan fingerprint density at radius 1 is 1.22 bits per heavy atom. The Kier molecular flexibility index (Phi) is 5.31. The van der Waals surface area contributed by atoms with Gasteiger partial charge in [0.1, 0.15) is 6.54 Å². The van der Waals surface area contributed by atoms with Gasteiger partial charge in [-0.25, -0.2) is 0 Å². The molecule has 122 valence electrons. The van der Waals surface area contributed by atoms with E-state index in [0.29, 0.717) is 0 Å². The van der Waals surface area contributed by atoms with Crippen molar-refractivity contribution < 1.29 is 4.79 Å². The molecule has 0 aliphatic rings. The Morgan fingerprint density at radius 3 is 2.57 bits per heavy atom. The van der Waals surface area contributed by atoms with Gasteiger partial charge < -0.3 is 9.88 Å². The number of hydrogen-bond acceptors (Lipinski definition) is 3. The van der Waals surface area contributed by atoms with E-state index in [1.54, 1.807) is 30.1 Å². The molecule has 0 aliphatic heterocycles. The summed E-state index contributed by atoms with van der Waals surface area (Å²) in [6.07, 6.45) is 1.61. The fourth-order valence-electron chi connectivity index (χ4n) is 2.13. The smallest absolute Gasteiger partial charge is 0.250 e. The summed E-state index contributed by atoms with van der Waals surface area (Å²) in [5.74, 6) is -0.211. The summed E-state index contributed by atoms with van der Waals surface area (Å²) in [5, 5.41) is 2.87. The summed E-state index contributed by atoms with van der Waals surface area (Å²) in [4.78, 5) is 24.9. The van der Waals surface area contributed by atoms with Crippen LogP contribution in [0.25, 0.3) is 0 Å². The highest BCUT2D eigenvalue weighted by Crippen LogP contribution is 2.33. The standard InChI is InChI=1S/C18H22N2O2S/c1-13-11-14(23-18(2,3)4)8-9-15(13)19-16(21)12-20-10-6-5-7-17(20)22/h5-11H,12H2,1-4H3,(H,19,21). The Hall–Kier alpha value is -2.01. The largest absolute Gasteiger partial charge is 0.324 e. The molecule has 2 rings (SSSR count). The number of nitrogens with one attached hydrogen (secondary N) is 1. The highest BCUT2D eigenvalue weighted by Gasteiger charge is 2.13. The van der Waals surface area contributed by atoms with Crippen LogP contribution in [0.4, 0.5) is 5.69 Å². The third-order valence-corrected chi connectivity index (χ3v) is 4.21. The first-order valence-corrected chi connectivity index (χ1v) is 8.31. The fourth-order valence-corrected chi connectivity index (χ4v) is 3.21. The van der Waals surface area contributed by atoms with E-state index in [2.05, 4.69) is 32.2 Å². The molecule has 0 fully saturated rings. The molecule has 1 N–H and O–H groups in total. The second-order valence-corrected chi connectivity index (χ2v) is 8.31. The van der Waals surface area contributed by atoms with Crippen molar-refractivity contribution in [1.29, 1.82) is 0 Å². The minimum atomic E-state index is -0.211. The number of anilines is 1. The molecular formula is C18H22N2O2S. The Balaban J connectivity index is 2.07. The first-order chi connectivity index (χ1) is 10.7. The van der Waals surface area contributed by atoms with E-state index in [-0.39, 0.29) is 22.8 Å². The van der Waals surface area contributed by atoms with Gasteiger partial charge in [-0.05, 0) is 36.8 Å². The number of pyridine rings is 1. The van der Waals surface area contributed by atoms with E-state index >= 15 is 0 Å². The molecule has 23 heavy (non-hydrogen) atoms. The van der Waals surface area contributed by atoms with E-state index in [9.17, 15) is 9.59 Å². The first-order valence-electron chi connectivity index (χ1n) is 7.49. The zero-order chi connectivity index (χ0) is 17.0. The van der Waals surface area contributed by atoms with E-state index < -0.39 is 0 Å². The molecular weight excluding hydrogens is 308 g/mol. The molecule has 0 spiro atoms. The number of carbonyl (C=O) groups is 1. The van der Waals surface area contributed by atoms with Gasteiger partial charge in [-0.2, -0.15) is 0 Å². The molecule has 0 saturated carbocycles. The molecule has 4 nitrogen and oxygen atoms in total. The number of thioether (sulfide) groups is 1. The average molecular weight is 330 g/mol. The van der Waals surface area contributed by atoms with Crippen LogP contribution < -0.4 is 10.9 Å². The van der Waals surface area contributed by atoms with E-state index in [1.165, 1.54) is 15.5 Å². The topological polar surface area (TPSA) is 51.1 Å². The quantitative estimate of drug-likeness (QED) is 0.870. The van der Waals surface area contributed by atoms with Crippen molar-refractivity contribution in [2.45, 2.75) is 43.9 Å². The number of benzene rings is 1. The zero-order valence-corrected chi connectivity index (χ0v) is 14.7. The molecule has 0 unspecified atom stereocenters. The second-order valence-electron chi connectivity index (χ2n) is 6.41. The normalized spacial score (nSPS) is 11.3. The summed E-state index contributed by atoms with van der Waals surface area (Å²) >= 11 is 1.79. The van der Waals surface area contributed by atoms with Crippen LogP contribution in [0.2, 0.25) is 0 Å². The van der Waals surface area contributed by atoms with Gasteiger partial charge in [0.05, 0.1) is 0 Å². The molecule has 5 heteroatoms. The monoisotopic (exact) mass is 330 g/mol. The van der Waals surface area contributed by atoms with Crippen molar-refractivity contribution in [3.63, 3.8) is 0 Å². The van der Waals surface area contributed by atoms with Gasteiger partial charge in [0.15, 0.2) is 0 Å². The van der Waals surface area contributed by atoms with Crippen molar-refractivity contribution >= 4 is 23.4 Å². The molecule has 1 aromatic carbocycles. The summed E-state index contributed by atoms with van der Waals surface area (Å²) in [6.45, 7) is 8.48. The van der Waals surface area contributed by atoms with Crippen molar-refractivity contribution in [2.24, 2.45) is 0 Å². The lowest BCUT2D eigenvalue weighted by Gasteiger charge is -2.18. The van der Waals surface area contributed by atoms with Crippen LogP contribution in [0.3, 0.4) is 0 Å². The molecule has 2 aromatic rings. The lowest BCUT2D eigenvalue weighted by atomic mass is 10.2. The fraction of sp³-hybridized carbons (Fsp3) is 0.333. The van der Waals surface area contributed by atoms with E-state index in [4.69, 9.17) is 0 Å². The summed E-state index contributed by atoms with van der Waals surface area (Å²) in [6, 6.07) is 10.8. The van der Waals surface area contributed by atoms with Gasteiger partial charge in [-0.3, -0.25) is 9.59 Å². The van der Waals surface area contributed by atoms with Crippen LogP contribution in [0.15, 0.2) is 52.3 Å². The third kappa shape index (κ3) is 5.28. The summed E-state index contributed by atoms with van der Waals surface area (Å²) in [7, 11) is 0. The van der Waals surface area contributed by atoms with Crippen LogP contribution in [0.1, 0.15) is 26.3 Å². The van der Waals surface area contributed by atoms with Crippen LogP contribution >= 0.6 is 11.8 Å². The highest BCUT2D eigenvalue weighted by atomic mass is 32.2. The lowest BCUT2D eigenvalue weighted by molar-refractivity contribution is -0.116. The maximum absolute atomic E-state index is 12.1. The van der Waals surface area contributed by atoms with Crippen LogP contribution in [0.5, 0.6) is 0 Å².